The van der Waals surface area contributed by atoms with Crippen LogP contribution >= 0.6 is 11.3 Å². The van der Waals surface area contributed by atoms with Gasteiger partial charge in [0.25, 0.3) is 0 Å². The molecule has 0 aromatic carbocycles. The summed E-state index contributed by atoms with van der Waals surface area (Å²) in [5.74, 6) is 1.96. The number of aromatic nitrogens is 4. The van der Waals surface area contributed by atoms with Crippen molar-refractivity contribution < 1.29 is 4.42 Å². The number of nitrogen functional groups attached to an aromatic ring is 1. The molecular formula is C23H21N5OS. The fraction of sp³-hybridized carbons (Fsp3) is 0.261. The van der Waals surface area contributed by atoms with Crippen LogP contribution in [0.1, 0.15) is 32.2 Å². The van der Waals surface area contributed by atoms with Crippen molar-refractivity contribution in [3.63, 3.8) is 0 Å². The summed E-state index contributed by atoms with van der Waals surface area (Å²) < 4.78 is 9.45. The summed E-state index contributed by atoms with van der Waals surface area (Å²) in [6.45, 7) is 2.31. The molecule has 2 unspecified atom stereocenters. The van der Waals surface area contributed by atoms with Crippen LogP contribution in [0.25, 0.3) is 43.5 Å². The van der Waals surface area contributed by atoms with Crippen LogP contribution in [0.3, 0.4) is 0 Å². The molecule has 0 radical (unpaired) electrons. The van der Waals surface area contributed by atoms with Crippen molar-refractivity contribution in [2.75, 3.05) is 5.73 Å². The van der Waals surface area contributed by atoms with Crippen molar-refractivity contribution in [2.45, 2.75) is 32.2 Å². The van der Waals surface area contributed by atoms with Gasteiger partial charge in [0.05, 0.1) is 16.9 Å². The van der Waals surface area contributed by atoms with Crippen molar-refractivity contribution >= 4 is 38.2 Å². The van der Waals surface area contributed by atoms with Gasteiger partial charge in [0.1, 0.15) is 5.76 Å². The topological polar surface area (TPSA) is 82.8 Å². The van der Waals surface area contributed by atoms with Gasteiger partial charge in [0.15, 0.2) is 11.4 Å². The second kappa shape index (κ2) is 6.67. The first kappa shape index (κ1) is 17.7. The molecule has 7 heteroatoms. The number of furan rings is 1. The standard InChI is InChI=1S/C23H21N5OS/c1-13-2-3-15(6-13)28-11-14(8-27-28)18-9-26-23(24)22-17(18)7-20(29-22)19-12-30-21-10-25-5-4-16(19)21/h4-5,7-13,15H,2-3,6H2,1H3,(H2,24,26). The van der Waals surface area contributed by atoms with E-state index in [1.165, 1.54) is 19.3 Å². The molecule has 150 valence electrons. The van der Waals surface area contributed by atoms with Crippen LogP contribution in [-0.4, -0.2) is 19.7 Å². The van der Waals surface area contributed by atoms with E-state index < -0.39 is 0 Å². The third-order valence-corrected chi connectivity index (χ3v) is 7.12. The zero-order valence-electron chi connectivity index (χ0n) is 16.6. The molecule has 6 nitrogen and oxygen atoms in total. The van der Waals surface area contributed by atoms with Crippen molar-refractivity contribution in [3.8, 4) is 22.5 Å². The summed E-state index contributed by atoms with van der Waals surface area (Å²) in [7, 11) is 0. The summed E-state index contributed by atoms with van der Waals surface area (Å²) >= 11 is 1.66. The smallest absolute Gasteiger partial charge is 0.177 e. The second-order valence-electron chi connectivity index (χ2n) is 8.21. The van der Waals surface area contributed by atoms with Gasteiger partial charge in [-0.05, 0) is 37.3 Å². The van der Waals surface area contributed by atoms with Gasteiger partial charge in [0.2, 0.25) is 0 Å². The van der Waals surface area contributed by atoms with E-state index in [9.17, 15) is 0 Å². The Morgan fingerprint density at radius 2 is 2.10 bits per heavy atom. The molecule has 6 rings (SSSR count). The summed E-state index contributed by atoms with van der Waals surface area (Å²) in [6, 6.07) is 4.57. The van der Waals surface area contributed by atoms with Gasteiger partial charge in [-0.2, -0.15) is 5.10 Å². The van der Waals surface area contributed by atoms with Crippen molar-refractivity contribution in [1.82, 2.24) is 19.7 Å². The summed E-state index contributed by atoms with van der Waals surface area (Å²) in [6.07, 6.45) is 13.2. The maximum absolute atomic E-state index is 6.21. The molecule has 30 heavy (non-hydrogen) atoms. The lowest BCUT2D eigenvalue weighted by molar-refractivity contribution is 0.450. The van der Waals surface area contributed by atoms with Crippen molar-refractivity contribution in [2.24, 2.45) is 5.92 Å². The molecule has 0 saturated heterocycles. The quantitative estimate of drug-likeness (QED) is 0.396. The molecule has 1 aliphatic rings. The Kier molecular flexibility index (Phi) is 3.92. The van der Waals surface area contributed by atoms with Gasteiger partial charge in [-0.25, -0.2) is 4.98 Å². The van der Waals surface area contributed by atoms with Gasteiger partial charge in [-0.15, -0.1) is 11.3 Å². The highest BCUT2D eigenvalue weighted by atomic mass is 32.1. The fourth-order valence-corrected chi connectivity index (χ4v) is 5.49. The minimum atomic E-state index is 0.401. The van der Waals surface area contributed by atoms with Gasteiger partial charge in [-0.3, -0.25) is 9.67 Å². The van der Waals surface area contributed by atoms with Crippen LogP contribution in [-0.2, 0) is 0 Å². The molecule has 1 fully saturated rings. The summed E-state index contributed by atoms with van der Waals surface area (Å²) in [5.41, 5.74) is 9.88. The molecule has 5 heterocycles. The third kappa shape index (κ3) is 2.73. The lowest BCUT2D eigenvalue weighted by Crippen LogP contribution is -2.05. The predicted octanol–water partition coefficient (Wildman–Crippen LogP) is 5.91. The molecule has 0 amide bonds. The Hall–Kier alpha value is -3.19. The Balaban J connectivity index is 1.46. The van der Waals surface area contributed by atoms with Crippen molar-refractivity contribution in [1.29, 1.82) is 0 Å². The fourth-order valence-electron chi connectivity index (χ4n) is 4.57. The van der Waals surface area contributed by atoms with Crippen LogP contribution in [0.2, 0.25) is 0 Å². The first-order chi connectivity index (χ1) is 14.7. The number of anilines is 1. The van der Waals surface area contributed by atoms with E-state index in [0.29, 0.717) is 17.4 Å². The van der Waals surface area contributed by atoms with E-state index in [0.717, 1.165) is 43.8 Å². The average molecular weight is 416 g/mol. The third-order valence-electron chi connectivity index (χ3n) is 6.19. The Morgan fingerprint density at radius 1 is 1.17 bits per heavy atom. The molecule has 2 atom stereocenters. The van der Waals surface area contributed by atoms with E-state index in [2.05, 4.69) is 44.3 Å². The molecule has 0 aliphatic heterocycles. The van der Waals surface area contributed by atoms with E-state index >= 15 is 0 Å². The number of thiophene rings is 1. The number of hydrogen-bond donors (Lipinski definition) is 1. The summed E-state index contributed by atoms with van der Waals surface area (Å²) in [4.78, 5) is 8.61. The first-order valence-corrected chi connectivity index (χ1v) is 11.1. The normalized spacial score (nSPS) is 19.2. The van der Waals surface area contributed by atoms with Crippen LogP contribution in [0.15, 0.2) is 52.9 Å². The molecule has 5 aromatic heterocycles. The van der Waals surface area contributed by atoms with E-state index in [1.54, 1.807) is 17.5 Å². The zero-order chi connectivity index (χ0) is 20.2. The second-order valence-corrected chi connectivity index (χ2v) is 9.12. The van der Waals surface area contributed by atoms with Gasteiger partial charge < -0.3 is 10.2 Å². The predicted molar refractivity (Wildman–Crippen MR) is 120 cm³/mol. The molecule has 5 aromatic rings. The highest BCUT2D eigenvalue weighted by Crippen LogP contribution is 2.41. The van der Waals surface area contributed by atoms with Crippen LogP contribution < -0.4 is 5.73 Å². The Labute approximate surface area is 177 Å². The summed E-state index contributed by atoms with van der Waals surface area (Å²) in [5, 5.41) is 8.85. The van der Waals surface area contributed by atoms with Gasteiger partial charge in [-0.1, -0.05) is 6.92 Å². The highest BCUT2D eigenvalue weighted by Gasteiger charge is 2.24. The number of pyridine rings is 2. The number of nitrogens with zero attached hydrogens (tertiary/aromatic N) is 4. The van der Waals surface area contributed by atoms with E-state index in [-0.39, 0.29) is 0 Å². The number of hydrogen-bond acceptors (Lipinski definition) is 6. The molecule has 0 spiro atoms. The van der Waals surface area contributed by atoms with Gasteiger partial charge in [0, 0.05) is 57.6 Å². The Morgan fingerprint density at radius 3 is 2.97 bits per heavy atom. The lowest BCUT2D eigenvalue weighted by atomic mass is 10.1. The SMILES string of the molecule is CC1CCC(n2cc(-c3cnc(N)c4oc(-c5csc6cnccc56)cc34)cn2)C1. The molecular weight excluding hydrogens is 394 g/mol. The van der Waals surface area contributed by atoms with Gasteiger partial charge >= 0.3 is 0 Å². The highest BCUT2D eigenvalue weighted by molar-refractivity contribution is 7.17. The number of nitrogens with two attached hydrogens (primary N) is 1. The first-order valence-electron chi connectivity index (χ1n) is 10.2. The molecule has 1 saturated carbocycles. The maximum Gasteiger partial charge on any atom is 0.177 e. The van der Waals surface area contributed by atoms with Crippen LogP contribution in [0.4, 0.5) is 5.82 Å². The molecule has 1 aliphatic carbocycles. The average Bonchev–Trinajstić information content (AvgIpc) is 3.53. The minimum Gasteiger partial charge on any atom is -0.452 e. The molecule has 0 bridgehead atoms. The lowest BCUT2D eigenvalue weighted by Gasteiger charge is -2.09. The zero-order valence-corrected chi connectivity index (χ0v) is 17.4. The number of rotatable bonds is 3. The monoisotopic (exact) mass is 415 g/mol. The largest absolute Gasteiger partial charge is 0.452 e. The molecule has 2 N–H and O–H groups in total. The minimum absolute atomic E-state index is 0.401. The van der Waals surface area contributed by atoms with Crippen molar-refractivity contribution in [3.05, 3.63) is 48.5 Å². The van der Waals surface area contributed by atoms with E-state index in [4.69, 9.17) is 10.2 Å². The number of fused-ring (bicyclic) bond motifs is 2. The van der Waals surface area contributed by atoms with Crippen LogP contribution in [0.5, 0.6) is 0 Å². The van der Waals surface area contributed by atoms with E-state index in [1.807, 2.05) is 24.7 Å². The maximum atomic E-state index is 6.21. The Bertz CT molecular complexity index is 1380. The van der Waals surface area contributed by atoms with Crippen LogP contribution in [0, 0.1) is 5.92 Å².